The van der Waals surface area contributed by atoms with Crippen LogP contribution in [0.3, 0.4) is 0 Å². The minimum Gasteiger partial charge on any atom is -0.463 e. The number of carbonyl (C=O) groups is 2. The van der Waals surface area contributed by atoms with Crippen LogP contribution >= 0.6 is 0 Å². The van der Waals surface area contributed by atoms with Gasteiger partial charge in [0.05, 0.1) is 12.2 Å². The molecule has 0 radical (unpaired) electrons. The van der Waals surface area contributed by atoms with E-state index in [1.54, 1.807) is 36.5 Å². The second kappa shape index (κ2) is 34.6. The van der Waals surface area contributed by atoms with Crippen molar-refractivity contribution < 1.29 is 34.4 Å². The zero-order valence-corrected chi connectivity index (χ0v) is 30.9. The van der Waals surface area contributed by atoms with Gasteiger partial charge >= 0.3 is 11.9 Å². The van der Waals surface area contributed by atoms with Gasteiger partial charge in [-0.25, -0.2) is 0 Å². The number of hydrogen-bond acceptors (Lipinski definition) is 7. The molecule has 0 aromatic heterocycles. The maximum atomic E-state index is 12.0. The Bertz CT molecular complexity index is 861. The zero-order chi connectivity index (χ0) is 35.5. The molecule has 0 rings (SSSR count). The lowest BCUT2D eigenvalue weighted by atomic mass is 10.0. The third-order valence-corrected chi connectivity index (χ3v) is 8.19. The third-order valence-electron chi connectivity index (χ3n) is 8.19. The summed E-state index contributed by atoms with van der Waals surface area (Å²) in [5.74, 6) is 0.0300. The molecule has 0 bridgehead atoms. The molecule has 0 aliphatic carbocycles. The van der Waals surface area contributed by atoms with Crippen molar-refractivity contribution in [3.63, 3.8) is 0 Å². The van der Waals surface area contributed by atoms with Crippen LogP contribution in [0.2, 0.25) is 0 Å². The first-order valence-electron chi connectivity index (χ1n) is 19.3. The fourth-order valence-electron chi connectivity index (χ4n) is 5.17. The summed E-state index contributed by atoms with van der Waals surface area (Å²) in [5, 5.41) is 30.0. The van der Waals surface area contributed by atoms with Gasteiger partial charge in [-0.05, 0) is 44.4 Å². The van der Waals surface area contributed by atoms with Gasteiger partial charge in [-0.3, -0.25) is 9.59 Å². The van der Waals surface area contributed by atoms with Gasteiger partial charge in [0.25, 0.3) is 0 Å². The van der Waals surface area contributed by atoms with Crippen molar-refractivity contribution >= 4 is 11.9 Å². The van der Waals surface area contributed by atoms with Crippen LogP contribution in [0.25, 0.3) is 0 Å². The smallest absolute Gasteiger partial charge is 0.305 e. The molecule has 0 fully saturated rings. The summed E-state index contributed by atoms with van der Waals surface area (Å²) >= 11 is 0. The molecule has 278 valence electrons. The lowest BCUT2D eigenvalue weighted by Crippen LogP contribution is -2.25. The maximum Gasteiger partial charge on any atom is 0.305 e. The minimum absolute atomic E-state index is 0.124. The van der Waals surface area contributed by atoms with E-state index in [1.165, 1.54) is 83.5 Å². The summed E-state index contributed by atoms with van der Waals surface area (Å²) < 4.78 is 10.2. The number of hydrogen-bond donors (Lipinski definition) is 3. The molecular formula is C41H72O7. The molecule has 48 heavy (non-hydrogen) atoms. The van der Waals surface area contributed by atoms with Crippen LogP contribution in [-0.2, 0) is 19.1 Å². The molecule has 0 aromatic rings. The van der Waals surface area contributed by atoms with E-state index >= 15 is 0 Å². The number of esters is 2. The van der Waals surface area contributed by atoms with E-state index in [0.29, 0.717) is 25.7 Å². The van der Waals surface area contributed by atoms with E-state index in [0.717, 1.165) is 31.6 Å². The van der Waals surface area contributed by atoms with Crippen LogP contribution in [0.5, 0.6) is 0 Å². The van der Waals surface area contributed by atoms with E-state index in [-0.39, 0.29) is 25.6 Å². The van der Waals surface area contributed by atoms with Crippen molar-refractivity contribution in [2.75, 3.05) is 13.2 Å². The van der Waals surface area contributed by atoms with Gasteiger partial charge in [0, 0.05) is 12.8 Å². The molecule has 0 unspecified atom stereocenters. The average molecular weight is 677 g/mol. The number of aliphatic hydroxyl groups is 3. The average Bonchev–Trinajstić information content (AvgIpc) is 3.05. The van der Waals surface area contributed by atoms with E-state index in [4.69, 9.17) is 9.47 Å². The Balaban J connectivity index is 3.71. The molecular weight excluding hydrogens is 604 g/mol. The molecule has 3 atom stereocenters. The second-order valence-electron chi connectivity index (χ2n) is 13.6. The summed E-state index contributed by atoms with van der Waals surface area (Å²) in [6.45, 7) is 6.36. The number of aliphatic hydroxyl groups excluding tert-OH is 3. The molecule has 0 heterocycles. The fourth-order valence-corrected chi connectivity index (χ4v) is 5.17. The SMILES string of the molecule is CCCCC/C=C\C[C@@H](O)/C=C/C=C/C=C\[C@@H](O)CCCC(=O)OC[C@@H](O)COC(=O)CCCCCCCCCCCCCCC(C)C. The summed E-state index contributed by atoms with van der Waals surface area (Å²) in [7, 11) is 0. The van der Waals surface area contributed by atoms with E-state index in [1.807, 2.05) is 6.08 Å². The predicted molar refractivity (Wildman–Crippen MR) is 199 cm³/mol. The van der Waals surface area contributed by atoms with Gasteiger partial charge in [0.1, 0.15) is 19.3 Å². The molecule has 0 amide bonds. The number of unbranched alkanes of at least 4 members (excludes halogenated alkanes) is 14. The minimum atomic E-state index is -1.06. The van der Waals surface area contributed by atoms with Gasteiger partial charge in [0.15, 0.2) is 0 Å². The molecule has 0 aliphatic rings. The molecule has 3 N–H and O–H groups in total. The molecule has 0 saturated carbocycles. The Morgan fingerprint density at radius 3 is 1.60 bits per heavy atom. The van der Waals surface area contributed by atoms with Crippen LogP contribution in [0.4, 0.5) is 0 Å². The van der Waals surface area contributed by atoms with Gasteiger partial charge in [-0.2, -0.15) is 0 Å². The Hall–Kier alpha value is -2.22. The first kappa shape index (κ1) is 45.8. The lowest BCUT2D eigenvalue weighted by molar-refractivity contribution is -0.152. The van der Waals surface area contributed by atoms with Crippen molar-refractivity contribution in [2.24, 2.45) is 5.92 Å². The van der Waals surface area contributed by atoms with Crippen molar-refractivity contribution in [3.8, 4) is 0 Å². The van der Waals surface area contributed by atoms with Gasteiger partial charge in [-0.15, -0.1) is 0 Å². The van der Waals surface area contributed by atoms with Gasteiger partial charge in [-0.1, -0.05) is 159 Å². The van der Waals surface area contributed by atoms with Crippen molar-refractivity contribution in [1.82, 2.24) is 0 Å². The molecule has 7 heteroatoms. The molecule has 0 aliphatic heterocycles. The van der Waals surface area contributed by atoms with Crippen LogP contribution in [0.1, 0.15) is 162 Å². The Kier molecular flexibility index (Phi) is 33.0. The molecule has 0 saturated heterocycles. The zero-order valence-electron chi connectivity index (χ0n) is 30.9. The van der Waals surface area contributed by atoms with Crippen LogP contribution in [-0.4, -0.2) is 58.8 Å². The number of carbonyl (C=O) groups excluding carboxylic acids is 2. The molecule has 7 nitrogen and oxygen atoms in total. The largest absolute Gasteiger partial charge is 0.463 e. The van der Waals surface area contributed by atoms with E-state index in [9.17, 15) is 24.9 Å². The number of ether oxygens (including phenoxy) is 2. The van der Waals surface area contributed by atoms with Gasteiger partial charge in [0.2, 0.25) is 0 Å². The van der Waals surface area contributed by atoms with Crippen molar-refractivity contribution in [2.45, 2.75) is 180 Å². The second-order valence-corrected chi connectivity index (χ2v) is 13.6. The van der Waals surface area contributed by atoms with E-state index in [2.05, 4.69) is 26.8 Å². The quantitative estimate of drug-likeness (QED) is 0.0275. The first-order chi connectivity index (χ1) is 23.2. The third kappa shape index (κ3) is 35.1. The lowest BCUT2D eigenvalue weighted by Gasteiger charge is -2.12. The fraction of sp³-hybridized carbons (Fsp3) is 0.756. The van der Waals surface area contributed by atoms with Crippen molar-refractivity contribution in [1.29, 1.82) is 0 Å². The Morgan fingerprint density at radius 1 is 0.562 bits per heavy atom. The summed E-state index contributed by atoms with van der Waals surface area (Å²) in [5.41, 5.74) is 0. The number of rotatable bonds is 33. The first-order valence-corrected chi connectivity index (χ1v) is 19.3. The Labute approximate surface area is 294 Å². The molecule has 0 spiro atoms. The standard InChI is InChI=1S/C41H72O7/c1-4-5-6-7-17-22-28-37(42)29-23-19-20-24-30-38(43)31-26-33-41(46)48-35-39(44)34-47-40(45)32-25-18-15-13-11-9-8-10-12-14-16-21-27-36(2)3/h17,19-20,22-24,29-30,36-39,42-44H,4-16,18,21,25-28,31-35H2,1-3H3/b20-19+,22-17-,29-23+,30-24-/t37-,38-,39+/m1/s1. The molecule has 0 aromatic carbocycles. The number of allylic oxidation sites excluding steroid dienone is 5. The topological polar surface area (TPSA) is 113 Å². The maximum absolute atomic E-state index is 12.0. The highest BCUT2D eigenvalue weighted by molar-refractivity contribution is 5.69. The predicted octanol–water partition coefficient (Wildman–Crippen LogP) is 9.64. The monoisotopic (exact) mass is 677 g/mol. The van der Waals surface area contributed by atoms with Crippen molar-refractivity contribution in [3.05, 3.63) is 48.6 Å². The summed E-state index contributed by atoms with van der Waals surface area (Å²) in [6, 6.07) is 0. The van der Waals surface area contributed by atoms with Crippen LogP contribution < -0.4 is 0 Å². The summed E-state index contributed by atoms with van der Waals surface area (Å²) in [6.07, 6.45) is 35.1. The highest BCUT2D eigenvalue weighted by Crippen LogP contribution is 2.14. The highest BCUT2D eigenvalue weighted by atomic mass is 16.6. The summed E-state index contributed by atoms with van der Waals surface area (Å²) in [4.78, 5) is 23.9. The van der Waals surface area contributed by atoms with Gasteiger partial charge < -0.3 is 24.8 Å². The van der Waals surface area contributed by atoms with E-state index < -0.39 is 24.3 Å². The Morgan fingerprint density at radius 2 is 1.06 bits per heavy atom. The highest BCUT2D eigenvalue weighted by Gasteiger charge is 2.12. The normalized spacial score (nSPS) is 14.1. The van der Waals surface area contributed by atoms with Crippen LogP contribution in [0, 0.1) is 5.92 Å². The van der Waals surface area contributed by atoms with Crippen LogP contribution in [0.15, 0.2) is 48.6 Å².